The molecular formula is C16H22Cl3N. The van der Waals surface area contributed by atoms with E-state index < -0.39 is 0 Å². The largest absolute Gasteiger partial charge is 0.313 e. The molecule has 3 rings (SSSR count). The molecule has 1 aromatic rings. The van der Waals surface area contributed by atoms with E-state index in [4.69, 9.17) is 23.2 Å². The molecule has 112 valence electrons. The van der Waals surface area contributed by atoms with Crippen molar-refractivity contribution in [3.05, 3.63) is 33.8 Å². The lowest BCUT2D eigenvalue weighted by atomic mass is 9.69. The second-order valence-corrected chi connectivity index (χ2v) is 6.94. The van der Waals surface area contributed by atoms with Gasteiger partial charge in [-0.2, -0.15) is 0 Å². The van der Waals surface area contributed by atoms with Crippen molar-refractivity contribution in [2.75, 3.05) is 6.54 Å². The lowest BCUT2D eigenvalue weighted by molar-refractivity contribution is 0.279. The Kier molecular flexibility index (Phi) is 5.64. The lowest BCUT2D eigenvalue weighted by Gasteiger charge is -2.38. The number of nitrogens with one attached hydrogen (secondary N) is 1. The fourth-order valence-electron chi connectivity index (χ4n) is 3.25. The van der Waals surface area contributed by atoms with Crippen LogP contribution in [0.4, 0.5) is 0 Å². The van der Waals surface area contributed by atoms with Crippen molar-refractivity contribution in [1.29, 1.82) is 0 Å². The van der Waals surface area contributed by atoms with Gasteiger partial charge in [0.2, 0.25) is 0 Å². The van der Waals surface area contributed by atoms with E-state index in [1.807, 2.05) is 6.07 Å². The summed E-state index contributed by atoms with van der Waals surface area (Å²) in [4.78, 5) is 0. The maximum atomic E-state index is 6.22. The van der Waals surface area contributed by atoms with Gasteiger partial charge in [0.15, 0.2) is 0 Å². The second-order valence-electron chi connectivity index (χ2n) is 6.13. The van der Waals surface area contributed by atoms with E-state index in [0.29, 0.717) is 10.0 Å². The number of rotatable bonds is 4. The van der Waals surface area contributed by atoms with Gasteiger partial charge >= 0.3 is 0 Å². The molecule has 0 saturated heterocycles. The number of hydrogen-bond acceptors (Lipinski definition) is 1. The Hall–Kier alpha value is 0.0500. The Labute approximate surface area is 137 Å². The van der Waals surface area contributed by atoms with E-state index >= 15 is 0 Å². The van der Waals surface area contributed by atoms with Gasteiger partial charge in [-0.05, 0) is 43.4 Å². The maximum absolute atomic E-state index is 6.22. The van der Waals surface area contributed by atoms with Gasteiger partial charge in [0.05, 0.1) is 10.0 Å². The number of hydrogen-bond donors (Lipinski definition) is 1. The third-order valence-electron chi connectivity index (χ3n) is 4.65. The predicted octanol–water partition coefficient (Wildman–Crippen LogP) is 5.37. The number of benzene rings is 1. The molecule has 2 saturated carbocycles. The lowest BCUT2D eigenvalue weighted by Crippen LogP contribution is -2.40. The van der Waals surface area contributed by atoms with Crippen LogP contribution < -0.4 is 5.32 Å². The smallest absolute Gasteiger partial charge is 0.0595 e. The molecule has 0 unspecified atom stereocenters. The van der Waals surface area contributed by atoms with Crippen molar-refractivity contribution in [1.82, 2.24) is 5.32 Å². The summed E-state index contributed by atoms with van der Waals surface area (Å²) < 4.78 is 0. The fourth-order valence-corrected chi connectivity index (χ4v) is 3.55. The van der Waals surface area contributed by atoms with Crippen molar-refractivity contribution in [3.8, 4) is 0 Å². The minimum atomic E-state index is 0. The van der Waals surface area contributed by atoms with Crippen LogP contribution in [0.15, 0.2) is 18.2 Å². The van der Waals surface area contributed by atoms with Crippen molar-refractivity contribution in [2.45, 2.75) is 56.4 Å². The minimum Gasteiger partial charge on any atom is -0.313 e. The van der Waals surface area contributed by atoms with E-state index in [-0.39, 0.29) is 17.8 Å². The first-order valence-corrected chi connectivity index (χ1v) is 8.14. The quantitative estimate of drug-likeness (QED) is 0.780. The molecule has 2 fully saturated rings. The first-order chi connectivity index (χ1) is 9.20. The van der Waals surface area contributed by atoms with Gasteiger partial charge in [-0.15, -0.1) is 12.4 Å². The molecule has 0 amide bonds. The first-order valence-electron chi connectivity index (χ1n) is 7.39. The van der Waals surface area contributed by atoms with Gasteiger partial charge in [-0.3, -0.25) is 0 Å². The molecule has 2 aliphatic carbocycles. The van der Waals surface area contributed by atoms with Crippen LogP contribution in [0.25, 0.3) is 0 Å². The van der Waals surface area contributed by atoms with Crippen molar-refractivity contribution in [3.63, 3.8) is 0 Å². The Morgan fingerprint density at radius 1 is 1.05 bits per heavy atom. The molecule has 0 radical (unpaired) electrons. The summed E-state index contributed by atoms with van der Waals surface area (Å²) in [7, 11) is 0. The van der Waals surface area contributed by atoms with Crippen molar-refractivity contribution < 1.29 is 0 Å². The van der Waals surface area contributed by atoms with Gasteiger partial charge in [0.1, 0.15) is 0 Å². The van der Waals surface area contributed by atoms with Crippen LogP contribution in [0, 0.1) is 0 Å². The zero-order chi connectivity index (χ0) is 13.3. The van der Waals surface area contributed by atoms with Crippen LogP contribution >= 0.6 is 35.6 Å². The zero-order valence-electron chi connectivity index (χ0n) is 11.6. The Balaban J connectivity index is 0.00000147. The van der Waals surface area contributed by atoms with Crippen LogP contribution in [0.1, 0.15) is 50.5 Å². The van der Waals surface area contributed by atoms with Crippen molar-refractivity contribution in [2.24, 2.45) is 0 Å². The average molecular weight is 335 g/mol. The van der Waals surface area contributed by atoms with Gasteiger partial charge in [0.25, 0.3) is 0 Å². The molecule has 0 heterocycles. The van der Waals surface area contributed by atoms with Crippen LogP contribution in [0.2, 0.25) is 10.0 Å². The van der Waals surface area contributed by atoms with Crippen LogP contribution in [-0.4, -0.2) is 12.6 Å². The molecule has 1 N–H and O–H groups in total. The van der Waals surface area contributed by atoms with Gasteiger partial charge in [-0.25, -0.2) is 0 Å². The normalized spacial score (nSPS) is 21.3. The molecule has 20 heavy (non-hydrogen) atoms. The highest BCUT2D eigenvalue weighted by Gasteiger charge is 2.35. The predicted molar refractivity (Wildman–Crippen MR) is 89.5 cm³/mol. The maximum Gasteiger partial charge on any atom is 0.0595 e. The third kappa shape index (κ3) is 3.62. The number of halogens is 3. The first kappa shape index (κ1) is 16.4. The Bertz CT molecular complexity index is 451. The summed E-state index contributed by atoms with van der Waals surface area (Å²) in [6, 6.07) is 6.98. The standard InChI is InChI=1S/C16H21Cl2N.ClH/c17-14-7-4-12(10-15(14)18)16(8-2-1-3-9-16)11-19-13-5-6-13;/h4,7,10,13,19H,1-3,5-6,8-9,11H2;1H. The summed E-state index contributed by atoms with van der Waals surface area (Å²) in [5.41, 5.74) is 1.64. The highest BCUT2D eigenvalue weighted by molar-refractivity contribution is 6.42. The molecule has 0 aliphatic heterocycles. The Morgan fingerprint density at radius 2 is 1.75 bits per heavy atom. The SMILES string of the molecule is Cl.Clc1ccc(C2(CNC3CC3)CCCCC2)cc1Cl. The van der Waals surface area contributed by atoms with Crippen LogP contribution in [0.3, 0.4) is 0 Å². The summed E-state index contributed by atoms with van der Waals surface area (Å²) in [5.74, 6) is 0. The third-order valence-corrected chi connectivity index (χ3v) is 5.39. The molecule has 2 aliphatic rings. The van der Waals surface area contributed by atoms with E-state index in [2.05, 4.69) is 17.4 Å². The van der Waals surface area contributed by atoms with E-state index in [1.165, 1.54) is 50.5 Å². The molecule has 0 atom stereocenters. The summed E-state index contributed by atoms with van der Waals surface area (Å²) >= 11 is 12.3. The molecule has 0 aromatic heterocycles. The summed E-state index contributed by atoms with van der Waals surface area (Å²) in [6.07, 6.45) is 9.25. The minimum absolute atomic E-state index is 0. The Morgan fingerprint density at radius 3 is 2.35 bits per heavy atom. The molecule has 1 nitrogen and oxygen atoms in total. The highest BCUT2D eigenvalue weighted by atomic mass is 35.5. The highest BCUT2D eigenvalue weighted by Crippen LogP contribution is 2.41. The van der Waals surface area contributed by atoms with E-state index in [1.54, 1.807) is 0 Å². The zero-order valence-corrected chi connectivity index (χ0v) is 14.0. The summed E-state index contributed by atoms with van der Waals surface area (Å²) in [5, 5.41) is 5.07. The molecule has 4 heteroatoms. The molecule has 1 aromatic carbocycles. The van der Waals surface area contributed by atoms with Gasteiger partial charge in [-0.1, -0.05) is 48.5 Å². The molecular weight excluding hydrogens is 313 g/mol. The van der Waals surface area contributed by atoms with Gasteiger partial charge < -0.3 is 5.32 Å². The molecule has 0 bridgehead atoms. The van der Waals surface area contributed by atoms with Crippen LogP contribution in [0.5, 0.6) is 0 Å². The monoisotopic (exact) mass is 333 g/mol. The topological polar surface area (TPSA) is 12.0 Å². The van der Waals surface area contributed by atoms with E-state index in [0.717, 1.165) is 12.6 Å². The van der Waals surface area contributed by atoms with E-state index in [9.17, 15) is 0 Å². The van der Waals surface area contributed by atoms with Crippen LogP contribution in [-0.2, 0) is 5.41 Å². The molecule has 0 spiro atoms. The second kappa shape index (κ2) is 6.87. The van der Waals surface area contributed by atoms with Gasteiger partial charge in [0, 0.05) is 18.0 Å². The van der Waals surface area contributed by atoms with Crippen molar-refractivity contribution >= 4 is 35.6 Å². The fraction of sp³-hybridized carbons (Fsp3) is 0.625. The summed E-state index contributed by atoms with van der Waals surface area (Å²) in [6.45, 7) is 1.09. The average Bonchev–Trinajstić information content (AvgIpc) is 3.25.